The first-order valence-electron chi connectivity index (χ1n) is 15.6. The first-order valence-corrected chi connectivity index (χ1v) is 16.4. The summed E-state index contributed by atoms with van der Waals surface area (Å²) >= 11 is 1.45. The Balaban J connectivity index is 1.12. The Morgan fingerprint density at radius 1 is 1.20 bits per heavy atom. The Morgan fingerprint density at radius 2 is 2.05 bits per heavy atom. The number of carbonyl (C=O) groups is 1. The van der Waals surface area contributed by atoms with Gasteiger partial charge in [0.1, 0.15) is 17.7 Å². The lowest BCUT2D eigenvalue weighted by Crippen LogP contribution is -2.44. The molecule has 2 aromatic carbocycles. The molecule has 3 aliphatic rings. The first kappa shape index (κ1) is 29.6. The van der Waals surface area contributed by atoms with Crippen LogP contribution in [0.5, 0.6) is 5.75 Å². The number of piperidine rings is 1. The highest BCUT2D eigenvalue weighted by Crippen LogP contribution is 2.37. The Labute approximate surface area is 259 Å². The van der Waals surface area contributed by atoms with Gasteiger partial charge in [-0.05, 0) is 62.4 Å². The minimum atomic E-state index is -0.691. The van der Waals surface area contributed by atoms with Crippen molar-refractivity contribution >= 4 is 32.4 Å². The molecule has 3 aliphatic heterocycles. The van der Waals surface area contributed by atoms with Crippen molar-refractivity contribution in [3.05, 3.63) is 53.5 Å². The van der Waals surface area contributed by atoms with E-state index in [2.05, 4.69) is 17.1 Å². The number of hydrogen-bond donors (Lipinski definition) is 1. The van der Waals surface area contributed by atoms with Crippen molar-refractivity contribution in [2.75, 3.05) is 52.6 Å². The van der Waals surface area contributed by atoms with Gasteiger partial charge in [-0.25, -0.2) is 13.8 Å². The molecule has 4 aromatic rings. The van der Waals surface area contributed by atoms with Crippen molar-refractivity contribution in [2.45, 2.75) is 51.3 Å². The molecule has 1 amide bonds. The molecule has 0 spiro atoms. The number of amides is 1. The third-order valence-corrected chi connectivity index (χ3v) is 9.96. The second kappa shape index (κ2) is 12.3. The molecule has 3 saturated heterocycles. The van der Waals surface area contributed by atoms with E-state index < -0.39 is 6.17 Å². The SMILES string of the molecule is CC1(COc2cc3c(cc2C(=O)NCCCN2CCC(F)CC2)sc2nc(-c4ccc([C@@H]5CCCO5)cc4F)cn23)COC1. The van der Waals surface area contributed by atoms with E-state index in [9.17, 15) is 9.18 Å². The largest absolute Gasteiger partial charge is 0.492 e. The Kier molecular flexibility index (Phi) is 8.30. The van der Waals surface area contributed by atoms with Crippen molar-refractivity contribution < 1.29 is 27.8 Å². The quantitative estimate of drug-likeness (QED) is 0.213. The Morgan fingerprint density at radius 3 is 2.77 bits per heavy atom. The van der Waals surface area contributed by atoms with Crippen LogP contribution in [0.3, 0.4) is 0 Å². The zero-order valence-corrected chi connectivity index (χ0v) is 25.8. The zero-order valence-electron chi connectivity index (χ0n) is 25.0. The van der Waals surface area contributed by atoms with Crippen LogP contribution in [0, 0.1) is 11.2 Å². The van der Waals surface area contributed by atoms with Crippen LogP contribution in [0.2, 0.25) is 0 Å². The topological polar surface area (TPSA) is 77.3 Å². The number of alkyl halides is 1. The van der Waals surface area contributed by atoms with Crippen LogP contribution >= 0.6 is 11.3 Å². The highest BCUT2D eigenvalue weighted by atomic mass is 32.1. The van der Waals surface area contributed by atoms with Crippen LogP contribution in [0.25, 0.3) is 26.4 Å². The lowest BCUT2D eigenvalue weighted by Gasteiger charge is -2.37. The molecule has 1 atom stereocenters. The number of imidazole rings is 1. The molecular weight excluding hydrogens is 586 g/mol. The number of fused-ring (bicyclic) bond motifs is 3. The third-order valence-electron chi connectivity index (χ3n) is 8.94. The minimum absolute atomic E-state index is 0.0493. The smallest absolute Gasteiger partial charge is 0.255 e. The van der Waals surface area contributed by atoms with Crippen LogP contribution in [0.1, 0.15) is 61.1 Å². The van der Waals surface area contributed by atoms with Crippen molar-refractivity contribution in [3.63, 3.8) is 0 Å². The van der Waals surface area contributed by atoms with E-state index in [1.165, 1.54) is 11.3 Å². The number of benzene rings is 2. The summed E-state index contributed by atoms with van der Waals surface area (Å²) in [4.78, 5) is 21.1. The van der Waals surface area contributed by atoms with E-state index >= 15 is 4.39 Å². The molecule has 8 nitrogen and oxygen atoms in total. The monoisotopic (exact) mass is 624 g/mol. The fourth-order valence-corrected chi connectivity index (χ4v) is 7.27. The summed E-state index contributed by atoms with van der Waals surface area (Å²) in [5, 5.41) is 3.05. The average Bonchev–Trinajstić information content (AvgIpc) is 3.75. The Hall–Kier alpha value is -3.12. The summed E-state index contributed by atoms with van der Waals surface area (Å²) in [6.07, 6.45) is 4.95. The fraction of sp³-hybridized carbons (Fsp3) is 0.515. The van der Waals surface area contributed by atoms with Crippen LogP contribution in [-0.2, 0) is 9.47 Å². The van der Waals surface area contributed by atoms with Gasteiger partial charge in [-0.3, -0.25) is 9.20 Å². The highest BCUT2D eigenvalue weighted by Gasteiger charge is 2.35. The maximum absolute atomic E-state index is 15.2. The summed E-state index contributed by atoms with van der Waals surface area (Å²) < 4.78 is 48.9. The van der Waals surface area contributed by atoms with E-state index in [-0.39, 0.29) is 23.2 Å². The molecule has 2 aromatic heterocycles. The summed E-state index contributed by atoms with van der Waals surface area (Å²) in [5.74, 6) is -0.0198. The van der Waals surface area contributed by atoms with Crippen molar-refractivity contribution in [3.8, 4) is 17.0 Å². The number of aromatic nitrogens is 2. The summed E-state index contributed by atoms with van der Waals surface area (Å²) in [6, 6.07) is 9.02. The maximum atomic E-state index is 15.2. The number of ether oxygens (including phenoxy) is 3. The number of carbonyl (C=O) groups excluding carboxylic acids is 1. The van der Waals surface area contributed by atoms with Crippen LogP contribution in [0.4, 0.5) is 8.78 Å². The number of nitrogens with zero attached hydrogens (tertiary/aromatic N) is 3. The van der Waals surface area contributed by atoms with E-state index in [4.69, 9.17) is 19.2 Å². The van der Waals surface area contributed by atoms with Gasteiger partial charge in [0.15, 0.2) is 4.96 Å². The molecule has 234 valence electrons. The van der Waals surface area contributed by atoms with E-state index in [1.54, 1.807) is 12.1 Å². The van der Waals surface area contributed by atoms with E-state index in [0.29, 0.717) is 73.3 Å². The van der Waals surface area contributed by atoms with Crippen LogP contribution in [0.15, 0.2) is 36.5 Å². The van der Waals surface area contributed by atoms with Crippen LogP contribution < -0.4 is 10.1 Å². The molecule has 0 bridgehead atoms. The molecule has 1 N–H and O–H groups in total. The van der Waals surface area contributed by atoms with Gasteiger partial charge in [0.2, 0.25) is 0 Å². The minimum Gasteiger partial charge on any atom is -0.492 e. The van der Waals surface area contributed by atoms with Crippen molar-refractivity contribution in [2.24, 2.45) is 5.41 Å². The first-order chi connectivity index (χ1) is 21.3. The lowest BCUT2D eigenvalue weighted by atomic mass is 9.90. The molecule has 0 aliphatic carbocycles. The summed E-state index contributed by atoms with van der Waals surface area (Å²) in [6.45, 7) is 7.34. The molecule has 11 heteroatoms. The maximum Gasteiger partial charge on any atom is 0.255 e. The number of halogens is 2. The number of hydrogen-bond acceptors (Lipinski definition) is 7. The second-order valence-electron chi connectivity index (χ2n) is 12.7. The lowest BCUT2D eigenvalue weighted by molar-refractivity contribution is -0.120. The van der Waals surface area contributed by atoms with Gasteiger partial charge in [0.25, 0.3) is 5.91 Å². The molecule has 0 saturated carbocycles. The third kappa shape index (κ3) is 6.07. The van der Waals surface area contributed by atoms with Crippen LogP contribution in [-0.4, -0.2) is 79.0 Å². The van der Waals surface area contributed by atoms with Gasteiger partial charge in [0, 0.05) is 49.5 Å². The molecule has 0 radical (unpaired) electrons. The summed E-state index contributed by atoms with van der Waals surface area (Å²) in [5.41, 5.74) is 3.06. The van der Waals surface area contributed by atoms with Gasteiger partial charge in [0.05, 0.1) is 47.4 Å². The van der Waals surface area contributed by atoms with Crippen molar-refractivity contribution in [1.29, 1.82) is 0 Å². The van der Waals surface area contributed by atoms with E-state index in [0.717, 1.165) is 54.7 Å². The van der Waals surface area contributed by atoms with Gasteiger partial charge in [-0.15, -0.1) is 0 Å². The fourth-order valence-electron chi connectivity index (χ4n) is 6.24. The second-order valence-corrected chi connectivity index (χ2v) is 13.7. The van der Waals surface area contributed by atoms with Crippen molar-refractivity contribution in [1.82, 2.24) is 19.6 Å². The standard InChI is InChI=1S/C33H38F2N4O4S/c1-33(18-41-19-33)20-43-29-16-27-30(15-24(29)31(40)36-9-3-10-38-11-7-22(34)8-12-38)44-32-37-26(17-39(27)32)23-6-5-21(14-25(23)35)28-4-2-13-42-28/h5-6,14-17,22,28H,2-4,7-13,18-20H2,1H3,(H,36,40)/t28-/m0/s1. The molecule has 0 unspecified atom stereocenters. The number of rotatable bonds is 10. The van der Waals surface area contributed by atoms with E-state index in [1.807, 2.05) is 28.8 Å². The summed E-state index contributed by atoms with van der Waals surface area (Å²) in [7, 11) is 0. The molecule has 3 fully saturated rings. The average molecular weight is 625 g/mol. The van der Waals surface area contributed by atoms with Gasteiger partial charge in [-0.1, -0.05) is 24.3 Å². The van der Waals surface area contributed by atoms with Gasteiger partial charge < -0.3 is 24.4 Å². The predicted molar refractivity (Wildman–Crippen MR) is 166 cm³/mol. The highest BCUT2D eigenvalue weighted by molar-refractivity contribution is 7.23. The van der Waals surface area contributed by atoms with Gasteiger partial charge >= 0.3 is 0 Å². The normalized spacial score (nSPS) is 20.8. The molecule has 5 heterocycles. The zero-order chi connectivity index (χ0) is 30.3. The van der Waals surface area contributed by atoms with Gasteiger partial charge in [-0.2, -0.15) is 0 Å². The molecule has 7 rings (SSSR count). The molecular formula is C33H38F2N4O4S. The number of thiazole rings is 1. The number of likely N-dealkylation sites (tertiary alicyclic amines) is 1. The number of nitrogens with one attached hydrogen (secondary N) is 1. The Bertz CT molecular complexity index is 1650. The predicted octanol–water partition coefficient (Wildman–Crippen LogP) is 6.18. The molecule has 44 heavy (non-hydrogen) atoms.